The Morgan fingerprint density at radius 1 is 1.50 bits per heavy atom. The number of carbonyl (C=O) groups excluding carboxylic acids is 1. The van der Waals surface area contributed by atoms with E-state index in [1.807, 2.05) is 17.8 Å². The van der Waals surface area contributed by atoms with Crippen LogP contribution in [-0.4, -0.2) is 29.5 Å². The van der Waals surface area contributed by atoms with Crippen LogP contribution in [0.25, 0.3) is 0 Å². The molecule has 2 saturated heterocycles. The van der Waals surface area contributed by atoms with Crippen LogP contribution in [0.5, 0.6) is 0 Å². The van der Waals surface area contributed by atoms with E-state index in [2.05, 4.69) is 25.1 Å². The molecule has 20 heavy (non-hydrogen) atoms. The Labute approximate surface area is 125 Å². The second kappa shape index (κ2) is 5.90. The van der Waals surface area contributed by atoms with E-state index >= 15 is 0 Å². The first kappa shape index (κ1) is 14.2. The average molecular weight is 290 g/mol. The van der Waals surface area contributed by atoms with Gasteiger partial charge in [0.2, 0.25) is 0 Å². The molecule has 108 valence electrons. The highest BCUT2D eigenvalue weighted by Crippen LogP contribution is 2.40. The monoisotopic (exact) mass is 290 g/mol. The van der Waals surface area contributed by atoms with Crippen LogP contribution in [0.2, 0.25) is 0 Å². The van der Waals surface area contributed by atoms with Gasteiger partial charge in [0.1, 0.15) is 5.78 Å². The number of Topliss-reactive ketones (excluding diaryl/α,β-unsaturated/α-hetero) is 1. The van der Waals surface area contributed by atoms with Gasteiger partial charge in [-0.15, -0.1) is 0 Å². The second-order valence-electron chi connectivity index (χ2n) is 6.16. The number of ether oxygens (including phenoxy) is 1. The van der Waals surface area contributed by atoms with Crippen LogP contribution in [0.15, 0.2) is 24.3 Å². The average Bonchev–Trinajstić information content (AvgIpc) is 2.87. The number of aryl methyl sites for hydroxylation is 1. The van der Waals surface area contributed by atoms with Crippen LogP contribution in [0.4, 0.5) is 0 Å². The van der Waals surface area contributed by atoms with Gasteiger partial charge in [0.15, 0.2) is 0 Å². The third-order valence-corrected chi connectivity index (χ3v) is 5.70. The topological polar surface area (TPSA) is 26.3 Å². The molecule has 0 aromatic heterocycles. The van der Waals surface area contributed by atoms with Crippen LogP contribution in [0, 0.1) is 12.8 Å². The lowest BCUT2D eigenvalue weighted by atomic mass is 9.81. The Bertz CT molecular complexity index is 492. The molecule has 3 rings (SSSR count). The van der Waals surface area contributed by atoms with Gasteiger partial charge < -0.3 is 4.74 Å². The fourth-order valence-corrected chi connectivity index (χ4v) is 4.71. The van der Waals surface area contributed by atoms with E-state index in [9.17, 15) is 4.79 Å². The molecule has 0 saturated carbocycles. The highest BCUT2D eigenvalue weighted by Gasteiger charge is 2.42. The van der Waals surface area contributed by atoms with E-state index < -0.39 is 0 Å². The minimum atomic E-state index is 0.00977. The molecule has 0 radical (unpaired) electrons. The van der Waals surface area contributed by atoms with Gasteiger partial charge >= 0.3 is 0 Å². The van der Waals surface area contributed by atoms with Gasteiger partial charge in [-0.3, -0.25) is 4.79 Å². The van der Waals surface area contributed by atoms with E-state index in [0.29, 0.717) is 12.2 Å². The molecule has 2 fully saturated rings. The van der Waals surface area contributed by atoms with Gasteiger partial charge in [0, 0.05) is 24.7 Å². The largest absolute Gasteiger partial charge is 0.374 e. The minimum absolute atomic E-state index is 0.00977. The molecule has 1 aromatic rings. The summed E-state index contributed by atoms with van der Waals surface area (Å²) in [5.41, 5.74) is 2.39. The smallest absolute Gasteiger partial charge is 0.140 e. The summed E-state index contributed by atoms with van der Waals surface area (Å²) in [6, 6.07) is 8.30. The van der Waals surface area contributed by atoms with E-state index in [-0.39, 0.29) is 11.5 Å². The Morgan fingerprint density at radius 3 is 3.15 bits per heavy atom. The molecule has 0 bridgehead atoms. The summed E-state index contributed by atoms with van der Waals surface area (Å²) in [7, 11) is 0. The third kappa shape index (κ3) is 3.09. The Morgan fingerprint density at radius 2 is 2.40 bits per heavy atom. The fraction of sp³-hybridized carbons (Fsp3) is 0.588. The quantitative estimate of drug-likeness (QED) is 0.853. The summed E-state index contributed by atoms with van der Waals surface area (Å²) in [6.07, 6.45) is 3.53. The molecule has 2 atom stereocenters. The molecule has 2 heterocycles. The number of ketones is 1. The summed E-state index contributed by atoms with van der Waals surface area (Å²) in [5, 5.41) is 0. The molecule has 1 aromatic carbocycles. The maximum absolute atomic E-state index is 12.6. The molecular formula is C17H22O2S. The molecule has 2 nitrogen and oxygen atoms in total. The molecular weight excluding hydrogens is 268 g/mol. The van der Waals surface area contributed by atoms with Crippen LogP contribution in [-0.2, 0) is 16.0 Å². The summed E-state index contributed by atoms with van der Waals surface area (Å²) in [4.78, 5) is 12.6. The van der Waals surface area contributed by atoms with Crippen LogP contribution in [0.3, 0.4) is 0 Å². The van der Waals surface area contributed by atoms with Crippen molar-refractivity contribution in [3.63, 3.8) is 0 Å². The normalized spacial score (nSPS) is 29.8. The van der Waals surface area contributed by atoms with Crippen molar-refractivity contribution in [2.75, 3.05) is 18.1 Å². The van der Waals surface area contributed by atoms with Crippen LogP contribution >= 0.6 is 11.8 Å². The van der Waals surface area contributed by atoms with Gasteiger partial charge in [-0.2, -0.15) is 11.8 Å². The summed E-state index contributed by atoms with van der Waals surface area (Å²) < 4.78 is 6.00. The predicted molar refractivity (Wildman–Crippen MR) is 83.2 cm³/mol. The third-order valence-electron chi connectivity index (χ3n) is 4.48. The first-order chi connectivity index (χ1) is 9.67. The Kier molecular flexibility index (Phi) is 4.18. The van der Waals surface area contributed by atoms with Crippen molar-refractivity contribution in [3.05, 3.63) is 35.4 Å². The molecule has 2 aliphatic heterocycles. The molecule has 0 aliphatic carbocycles. The number of hydrogen-bond acceptors (Lipinski definition) is 3. The van der Waals surface area contributed by atoms with Gasteiger partial charge in [-0.1, -0.05) is 29.8 Å². The lowest BCUT2D eigenvalue weighted by Crippen LogP contribution is -2.42. The number of carbonyl (C=O) groups is 1. The van der Waals surface area contributed by atoms with E-state index in [1.54, 1.807) is 0 Å². The minimum Gasteiger partial charge on any atom is -0.374 e. The van der Waals surface area contributed by atoms with Crippen molar-refractivity contribution in [3.8, 4) is 0 Å². The summed E-state index contributed by atoms with van der Waals surface area (Å²) in [6.45, 7) is 2.83. The van der Waals surface area contributed by atoms with Crippen LogP contribution < -0.4 is 0 Å². The van der Waals surface area contributed by atoms with E-state index in [0.717, 1.165) is 37.2 Å². The first-order valence-corrected chi connectivity index (χ1v) is 8.62. The van der Waals surface area contributed by atoms with Crippen molar-refractivity contribution in [2.24, 2.45) is 5.92 Å². The maximum Gasteiger partial charge on any atom is 0.140 e. The standard InChI is InChI=1S/C17H22O2S/c1-13-3-2-4-14(9-13)10-16(18)15-5-7-19-17(11-15)6-8-20-12-17/h2-4,9,15H,5-8,10-12H2,1H3. The van der Waals surface area contributed by atoms with Crippen molar-refractivity contribution < 1.29 is 9.53 Å². The van der Waals surface area contributed by atoms with Crippen molar-refractivity contribution >= 4 is 17.5 Å². The van der Waals surface area contributed by atoms with E-state index in [4.69, 9.17) is 4.74 Å². The fourth-order valence-electron chi connectivity index (χ4n) is 3.33. The molecule has 2 unspecified atom stereocenters. The zero-order valence-corrected chi connectivity index (χ0v) is 12.9. The second-order valence-corrected chi connectivity index (χ2v) is 7.26. The van der Waals surface area contributed by atoms with Gasteiger partial charge in [-0.25, -0.2) is 0 Å². The summed E-state index contributed by atoms with van der Waals surface area (Å²) >= 11 is 1.96. The number of thioether (sulfide) groups is 1. The zero-order valence-electron chi connectivity index (χ0n) is 12.1. The SMILES string of the molecule is Cc1cccc(CC(=O)C2CCOC3(CCSC3)C2)c1. The molecule has 3 heteroatoms. The zero-order chi connectivity index (χ0) is 14.0. The highest BCUT2D eigenvalue weighted by molar-refractivity contribution is 7.99. The molecule has 2 aliphatic rings. The lowest BCUT2D eigenvalue weighted by Gasteiger charge is -2.37. The predicted octanol–water partition coefficient (Wildman–Crippen LogP) is 3.41. The number of benzene rings is 1. The number of hydrogen-bond donors (Lipinski definition) is 0. The van der Waals surface area contributed by atoms with Gasteiger partial charge in [-0.05, 0) is 37.5 Å². The van der Waals surface area contributed by atoms with Gasteiger partial charge in [0.25, 0.3) is 0 Å². The first-order valence-electron chi connectivity index (χ1n) is 7.47. The summed E-state index contributed by atoms with van der Waals surface area (Å²) in [5.74, 6) is 2.85. The van der Waals surface area contributed by atoms with Crippen molar-refractivity contribution in [2.45, 2.75) is 38.2 Å². The van der Waals surface area contributed by atoms with Gasteiger partial charge in [0.05, 0.1) is 5.60 Å². The maximum atomic E-state index is 12.6. The Hall–Kier alpha value is -0.800. The molecule has 1 spiro atoms. The molecule has 0 N–H and O–H groups in total. The Balaban J connectivity index is 1.65. The van der Waals surface area contributed by atoms with E-state index in [1.165, 1.54) is 11.3 Å². The van der Waals surface area contributed by atoms with Crippen molar-refractivity contribution in [1.82, 2.24) is 0 Å². The lowest BCUT2D eigenvalue weighted by molar-refractivity contribution is -0.133. The van der Waals surface area contributed by atoms with Crippen LogP contribution in [0.1, 0.15) is 30.4 Å². The molecule has 0 amide bonds. The van der Waals surface area contributed by atoms with Crippen molar-refractivity contribution in [1.29, 1.82) is 0 Å². The number of rotatable bonds is 3. The highest BCUT2D eigenvalue weighted by atomic mass is 32.2.